The first-order valence-corrected chi connectivity index (χ1v) is 8.72. The second-order valence-corrected chi connectivity index (χ2v) is 7.57. The molecule has 0 saturated carbocycles. The number of nitrogens with one attached hydrogen (secondary N) is 1. The Bertz CT molecular complexity index is 792. The molecule has 0 radical (unpaired) electrons. The van der Waals surface area contributed by atoms with Crippen molar-refractivity contribution in [3.63, 3.8) is 0 Å². The van der Waals surface area contributed by atoms with Crippen LogP contribution in [0.5, 0.6) is 0 Å². The molecule has 1 N–H and O–H groups in total. The number of carbonyl (C=O) groups is 1. The number of rotatable bonds is 4. The zero-order valence-electron chi connectivity index (χ0n) is 15.7. The molecular formula is C20H25FN4O. The maximum absolute atomic E-state index is 13.7. The maximum atomic E-state index is 13.7. The van der Waals surface area contributed by atoms with Crippen molar-refractivity contribution < 1.29 is 9.18 Å². The van der Waals surface area contributed by atoms with Gasteiger partial charge in [0.15, 0.2) is 0 Å². The number of nitrogens with zero attached hydrogens (tertiary/aromatic N) is 3. The Balaban J connectivity index is 1.76. The van der Waals surface area contributed by atoms with E-state index in [1.165, 1.54) is 12.3 Å². The van der Waals surface area contributed by atoms with Gasteiger partial charge < -0.3 is 10.2 Å². The van der Waals surface area contributed by atoms with Gasteiger partial charge in [-0.3, -0.25) is 9.88 Å². The molecule has 3 rings (SSSR count). The SMILES string of the molecule is CN(C)[C@@H](CNC(=O)N1CC(C)(C)c2ncc(F)cc21)c1ccccc1. The van der Waals surface area contributed by atoms with Gasteiger partial charge in [0.25, 0.3) is 0 Å². The third-order valence-electron chi connectivity index (χ3n) is 4.82. The Labute approximate surface area is 153 Å². The molecule has 0 unspecified atom stereocenters. The van der Waals surface area contributed by atoms with Gasteiger partial charge in [-0.25, -0.2) is 9.18 Å². The standard InChI is InChI=1S/C20H25FN4O/c1-20(2)13-25(16-10-15(21)11-22-18(16)20)19(26)23-12-17(24(3)4)14-8-6-5-7-9-14/h5-11,17H,12-13H2,1-4H3,(H,23,26)/t17-/m0/s1. The summed E-state index contributed by atoms with van der Waals surface area (Å²) in [6, 6.07) is 11.3. The summed E-state index contributed by atoms with van der Waals surface area (Å²) in [5, 5.41) is 3.00. The van der Waals surface area contributed by atoms with Crippen molar-refractivity contribution in [1.82, 2.24) is 15.2 Å². The number of benzene rings is 1. The first-order chi connectivity index (χ1) is 12.3. The van der Waals surface area contributed by atoms with Gasteiger partial charge in [-0.1, -0.05) is 44.2 Å². The quantitative estimate of drug-likeness (QED) is 0.914. The van der Waals surface area contributed by atoms with Gasteiger partial charge in [0.2, 0.25) is 0 Å². The molecule has 5 nitrogen and oxygen atoms in total. The third kappa shape index (κ3) is 3.55. The molecule has 0 fully saturated rings. The Morgan fingerprint density at radius 3 is 2.69 bits per heavy atom. The number of hydrogen-bond donors (Lipinski definition) is 1. The molecule has 0 aliphatic carbocycles. The normalized spacial score (nSPS) is 16.5. The van der Waals surface area contributed by atoms with Crippen LogP contribution in [0.2, 0.25) is 0 Å². The minimum atomic E-state index is -0.435. The van der Waals surface area contributed by atoms with Crippen LogP contribution >= 0.6 is 0 Å². The molecule has 1 atom stereocenters. The molecule has 2 amide bonds. The van der Waals surface area contributed by atoms with Crippen LogP contribution in [0.4, 0.5) is 14.9 Å². The number of amides is 2. The van der Waals surface area contributed by atoms with Gasteiger partial charge in [-0.2, -0.15) is 0 Å². The molecule has 0 saturated heterocycles. The predicted octanol–water partition coefficient (Wildman–Crippen LogP) is 3.33. The number of anilines is 1. The summed E-state index contributed by atoms with van der Waals surface area (Å²) in [4.78, 5) is 20.7. The van der Waals surface area contributed by atoms with Crippen molar-refractivity contribution in [2.45, 2.75) is 25.3 Å². The summed E-state index contributed by atoms with van der Waals surface area (Å²) in [7, 11) is 3.97. The summed E-state index contributed by atoms with van der Waals surface area (Å²) in [6.07, 6.45) is 1.21. The van der Waals surface area contributed by atoms with Gasteiger partial charge in [0, 0.05) is 24.6 Å². The van der Waals surface area contributed by atoms with Crippen LogP contribution in [0.15, 0.2) is 42.6 Å². The van der Waals surface area contributed by atoms with E-state index < -0.39 is 5.82 Å². The van der Waals surface area contributed by atoms with Gasteiger partial charge >= 0.3 is 6.03 Å². The molecule has 1 aromatic heterocycles. The largest absolute Gasteiger partial charge is 0.336 e. The number of fused-ring (bicyclic) bond motifs is 1. The van der Waals surface area contributed by atoms with E-state index in [0.29, 0.717) is 18.8 Å². The van der Waals surface area contributed by atoms with E-state index in [-0.39, 0.29) is 17.5 Å². The van der Waals surface area contributed by atoms with E-state index in [1.807, 2.05) is 58.3 Å². The molecule has 0 bridgehead atoms. The summed E-state index contributed by atoms with van der Waals surface area (Å²) in [6.45, 7) is 4.96. The van der Waals surface area contributed by atoms with E-state index in [4.69, 9.17) is 0 Å². The van der Waals surface area contributed by atoms with Crippen molar-refractivity contribution in [3.05, 3.63) is 59.7 Å². The molecule has 1 aliphatic rings. The van der Waals surface area contributed by atoms with Gasteiger partial charge in [-0.05, 0) is 19.7 Å². The average Bonchev–Trinajstić information content (AvgIpc) is 2.86. The van der Waals surface area contributed by atoms with E-state index in [2.05, 4.69) is 15.2 Å². The first-order valence-electron chi connectivity index (χ1n) is 8.72. The first kappa shape index (κ1) is 18.3. The number of hydrogen-bond acceptors (Lipinski definition) is 3. The minimum Gasteiger partial charge on any atom is -0.336 e. The van der Waals surface area contributed by atoms with E-state index >= 15 is 0 Å². The van der Waals surface area contributed by atoms with E-state index in [1.54, 1.807) is 4.90 Å². The maximum Gasteiger partial charge on any atom is 0.322 e. The van der Waals surface area contributed by atoms with Crippen LogP contribution in [0.3, 0.4) is 0 Å². The highest BCUT2D eigenvalue weighted by Gasteiger charge is 2.39. The fraction of sp³-hybridized carbons (Fsp3) is 0.400. The lowest BCUT2D eigenvalue weighted by Gasteiger charge is -2.27. The topological polar surface area (TPSA) is 48.5 Å². The molecule has 0 spiro atoms. The van der Waals surface area contributed by atoms with Crippen molar-refractivity contribution >= 4 is 11.7 Å². The highest BCUT2D eigenvalue weighted by molar-refractivity contribution is 5.94. The number of urea groups is 1. The monoisotopic (exact) mass is 356 g/mol. The number of likely N-dealkylation sites (N-methyl/N-ethyl adjacent to an activating group) is 1. The minimum absolute atomic E-state index is 0.0564. The summed E-state index contributed by atoms with van der Waals surface area (Å²) in [5.74, 6) is -0.435. The fourth-order valence-electron chi connectivity index (χ4n) is 3.45. The molecule has 2 aromatic rings. The molecular weight excluding hydrogens is 331 g/mol. The average molecular weight is 356 g/mol. The number of pyridine rings is 1. The van der Waals surface area contributed by atoms with Crippen LogP contribution in [-0.4, -0.2) is 43.1 Å². The molecule has 2 heterocycles. The van der Waals surface area contributed by atoms with Gasteiger partial charge in [-0.15, -0.1) is 0 Å². The summed E-state index contributed by atoms with van der Waals surface area (Å²) < 4.78 is 13.7. The molecule has 1 aromatic carbocycles. The van der Waals surface area contributed by atoms with E-state index in [9.17, 15) is 9.18 Å². The van der Waals surface area contributed by atoms with Crippen LogP contribution in [-0.2, 0) is 5.41 Å². The molecule has 138 valence electrons. The van der Waals surface area contributed by atoms with Crippen LogP contribution < -0.4 is 10.2 Å². The predicted molar refractivity (Wildman–Crippen MR) is 101 cm³/mol. The number of aromatic nitrogens is 1. The van der Waals surface area contributed by atoms with Crippen molar-refractivity contribution in [1.29, 1.82) is 0 Å². The smallest absolute Gasteiger partial charge is 0.322 e. The highest BCUT2D eigenvalue weighted by atomic mass is 19.1. The molecule has 6 heteroatoms. The third-order valence-corrected chi connectivity index (χ3v) is 4.82. The van der Waals surface area contributed by atoms with Gasteiger partial charge in [0.05, 0.1) is 23.6 Å². The van der Waals surface area contributed by atoms with Crippen molar-refractivity contribution in [2.75, 3.05) is 32.1 Å². The Morgan fingerprint density at radius 1 is 1.35 bits per heavy atom. The van der Waals surface area contributed by atoms with Gasteiger partial charge in [0.1, 0.15) is 5.82 Å². The van der Waals surface area contributed by atoms with Crippen molar-refractivity contribution in [3.8, 4) is 0 Å². The van der Waals surface area contributed by atoms with Crippen LogP contribution in [0.25, 0.3) is 0 Å². The lowest BCUT2D eigenvalue weighted by molar-refractivity contribution is 0.237. The van der Waals surface area contributed by atoms with E-state index in [0.717, 1.165) is 11.3 Å². The fourth-order valence-corrected chi connectivity index (χ4v) is 3.45. The Hall–Kier alpha value is -2.47. The lowest BCUT2D eigenvalue weighted by Crippen LogP contribution is -2.44. The summed E-state index contributed by atoms with van der Waals surface area (Å²) in [5.41, 5.74) is 2.13. The Kier molecular flexibility index (Phi) is 4.96. The Morgan fingerprint density at radius 2 is 2.04 bits per heavy atom. The zero-order chi connectivity index (χ0) is 18.9. The second kappa shape index (κ2) is 7.03. The molecule has 1 aliphatic heterocycles. The molecule has 26 heavy (non-hydrogen) atoms. The number of carbonyl (C=O) groups excluding carboxylic acids is 1. The lowest BCUT2D eigenvalue weighted by atomic mass is 9.91. The summed E-state index contributed by atoms with van der Waals surface area (Å²) >= 11 is 0. The zero-order valence-corrected chi connectivity index (χ0v) is 15.7. The second-order valence-electron chi connectivity index (χ2n) is 7.57. The van der Waals surface area contributed by atoms with Crippen LogP contribution in [0.1, 0.15) is 31.1 Å². The van der Waals surface area contributed by atoms with Crippen LogP contribution in [0, 0.1) is 5.82 Å². The number of halogens is 1. The van der Waals surface area contributed by atoms with Crippen molar-refractivity contribution in [2.24, 2.45) is 0 Å². The highest BCUT2D eigenvalue weighted by Crippen LogP contribution is 2.39.